The van der Waals surface area contributed by atoms with E-state index in [0.29, 0.717) is 5.57 Å². The summed E-state index contributed by atoms with van der Waals surface area (Å²) in [5.74, 6) is 0. The van der Waals surface area contributed by atoms with Gasteiger partial charge in [-0.15, -0.1) is 0 Å². The van der Waals surface area contributed by atoms with E-state index in [-0.39, 0.29) is 0 Å². The van der Waals surface area contributed by atoms with E-state index in [9.17, 15) is 4.79 Å². The van der Waals surface area contributed by atoms with Crippen LogP contribution in [0.3, 0.4) is 0 Å². The van der Waals surface area contributed by atoms with Crippen LogP contribution < -0.4 is 0 Å². The van der Waals surface area contributed by atoms with Gasteiger partial charge in [-0.3, -0.25) is 4.79 Å². The number of hydrogen-bond acceptors (Lipinski definition) is 1. The van der Waals surface area contributed by atoms with Crippen molar-refractivity contribution in [3.8, 4) is 0 Å². The van der Waals surface area contributed by atoms with E-state index >= 15 is 0 Å². The van der Waals surface area contributed by atoms with E-state index < -0.39 is 0 Å². The van der Waals surface area contributed by atoms with Crippen LogP contribution in [0, 0.1) is 0 Å². The van der Waals surface area contributed by atoms with Crippen LogP contribution in [-0.2, 0) is 24.1 Å². The highest BCUT2D eigenvalue weighted by molar-refractivity contribution is 6.05. The first kappa shape index (κ1) is 11.9. The Hall–Kier alpha value is -2.15. The van der Waals surface area contributed by atoms with Crippen LogP contribution in [0.25, 0.3) is 5.57 Å². The normalized spacial score (nSPS) is 13.1. The molecule has 2 aromatic carbocycles. The van der Waals surface area contributed by atoms with E-state index in [1.54, 1.807) is 0 Å². The van der Waals surface area contributed by atoms with Gasteiger partial charge in [0.05, 0.1) is 0 Å². The van der Waals surface area contributed by atoms with Crippen molar-refractivity contribution in [2.24, 2.45) is 0 Å². The van der Waals surface area contributed by atoms with Gasteiger partial charge >= 0.3 is 0 Å². The molecule has 1 aliphatic rings. The van der Waals surface area contributed by atoms with Crippen molar-refractivity contribution in [3.05, 3.63) is 76.9 Å². The van der Waals surface area contributed by atoms with Gasteiger partial charge in [0.15, 0.2) is 0 Å². The summed E-state index contributed by atoms with van der Waals surface area (Å²) in [5.41, 5.74) is 7.08. The van der Waals surface area contributed by atoms with Gasteiger partial charge in [0, 0.05) is 5.57 Å². The standard InChI is InChI=1S/C18H16O/c1-13(12-19)15-7-9-18-11-16-5-3-2-4-14(16)6-8-17(18)10-15/h2-5,7,9-10,12H,1,6,8,11H2. The lowest BCUT2D eigenvalue weighted by Crippen LogP contribution is -1.95. The second-order valence-corrected chi connectivity index (χ2v) is 5.07. The topological polar surface area (TPSA) is 17.1 Å². The van der Waals surface area contributed by atoms with Crippen molar-refractivity contribution in [2.45, 2.75) is 19.3 Å². The summed E-state index contributed by atoms with van der Waals surface area (Å²) >= 11 is 0. The minimum absolute atomic E-state index is 0.560. The summed E-state index contributed by atoms with van der Waals surface area (Å²) < 4.78 is 0. The highest BCUT2D eigenvalue weighted by Crippen LogP contribution is 2.26. The van der Waals surface area contributed by atoms with Gasteiger partial charge in [0.2, 0.25) is 0 Å². The van der Waals surface area contributed by atoms with Crippen molar-refractivity contribution in [2.75, 3.05) is 0 Å². The van der Waals surface area contributed by atoms with Crippen LogP contribution in [0.4, 0.5) is 0 Å². The number of carbonyl (C=O) groups is 1. The van der Waals surface area contributed by atoms with Gasteiger partial charge in [-0.2, -0.15) is 0 Å². The molecule has 0 atom stereocenters. The van der Waals surface area contributed by atoms with E-state index in [1.807, 2.05) is 6.07 Å². The highest BCUT2D eigenvalue weighted by atomic mass is 16.1. The third kappa shape index (κ3) is 2.24. The van der Waals surface area contributed by atoms with Gasteiger partial charge < -0.3 is 0 Å². The van der Waals surface area contributed by atoms with E-state index in [2.05, 4.69) is 43.0 Å². The molecule has 94 valence electrons. The minimum atomic E-state index is 0.560. The Morgan fingerprint density at radius 3 is 2.42 bits per heavy atom. The Morgan fingerprint density at radius 1 is 0.947 bits per heavy atom. The number of aryl methyl sites for hydroxylation is 2. The number of aldehydes is 1. The number of rotatable bonds is 2. The molecule has 0 aromatic heterocycles. The average molecular weight is 248 g/mol. The molecule has 0 bridgehead atoms. The zero-order valence-electron chi connectivity index (χ0n) is 10.9. The largest absolute Gasteiger partial charge is 0.298 e. The van der Waals surface area contributed by atoms with E-state index in [1.165, 1.54) is 22.3 Å². The molecule has 2 aromatic rings. The molecule has 0 unspecified atom stereocenters. The zero-order valence-corrected chi connectivity index (χ0v) is 10.9. The highest BCUT2D eigenvalue weighted by Gasteiger charge is 2.13. The maximum absolute atomic E-state index is 10.8. The maximum Gasteiger partial charge on any atom is 0.150 e. The van der Waals surface area contributed by atoms with Gasteiger partial charge in [-0.25, -0.2) is 0 Å². The monoisotopic (exact) mass is 248 g/mol. The van der Waals surface area contributed by atoms with Crippen LogP contribution in [0.15, 0.2) is 49.0 Å². The Bertz CT molecular complexity index is 652. The fourth-order valence-corrected chi connectivity index (χ4v) is 2.75. The smallest absolute Gasteiger partial charge is 0.150 e. The lowest BCUT2D eigenvalue weighted by molar-refractivity contribution is -0.103. The van der Waals surface area contributed by atoms with Crippen LogP contribution in [0.1, 0.15) is 27.8 Å². The lowest BCUT2D eigenvalue weighted by Gasteiger charge is -2.08. The predicted octanol–water partition coefficient (Wildman–Crippen LogP) is 3.59. The van der Waals surface area contributed by atoms with Crippen molar-refractivity contribution in [1.82, 2.24) is 0 Å². The van der Waals surface area contributed by atoms with Crippen LogP contribution in [-0.4, -0.2) is 6.29 Å². The second kappa shape index (κ2) is 4.85. The molecule has 0 fully saturated rings. The van der Waals surface area contributed by atoms with Gasteiger partial charge in [-0.05, 0) is 47.1 Å². The molecule has 0 N–H and O–H groups in total. The number of benzene rings is 2. The predicted molar refractivity (Wildman–Crippen MR) is 78.2 cm³/mol. The average Bonchev–Trinajstić information content (AvgIpc) is 2.64. The zero-order chi connectivity index (χ0) is 13.2. The summed E-state index contributed by atoms with van der Waals surface area (Å²) in [7, 11) is 0. The molecule has 19 heavy (non-hydrogen) atoms. The summed E-state index contributed by atoms with van der Waals surface area (Å²) in [5, 5.41) is 0. The summed E-state index contributed by atoms with van der Waals surface area (Å²) in [6.45, 7) is 3.79. The van der Waals surface area contributed by atoms with Crippen LogP contribution in [0.2, 0.25) is 0 Å². The molecule has 0 heterocycles. The van der Waals surface area contributed by atoms with Crippen molar-refractivity contribution >= 4 is 11.9 Å². The molecule has 1 nitrogen and oxygen atoms in total. The quantitative estimate of drug-likeness (QED) is 0.586. The van der Waals surface area contributed by atoms with Crippen molar-refractivity contribution in [3.63, 3.8) is 0 Å². The first-order valence-electron chi connectivity index (χ1n) is 6.61. The Labute approximate surface area is 113 Å². The number of hydrogen-bond donors (Lipinski definition) is 0. The molecule has 0 saturated heterocycles. The molecule has 0 amide bonds. The molecule has 0 spiro atoms. The maximum atomic E-state index is 10.8. The number of carbonyl (C=O) groups excluding carboxylic acids is 1. The lowest BCUT2D eigenvalue weighted by atomic mass is 9.96. The molecule has 3 rings (SSSR count). The second-order valence-electron chi connectivity index (χ2n) is 5.07. The first-order chi connectivity index (χ1) is 9.28. The molecule has 1 aliphatic carbocycles. The number of allylic oxidation sites excluding steroid dienone is 1. The fraction of sp³-hybridized carbons (Fsp3) is 0.167. The summed E-state index contributed by atoms with van der Waals surface area (Å²) in [4.78, 5) is 10.8. The van der Waals surface area contributed by atoms with E-state index in [4.69, 9.17) is 0 Å². The van der Waals surface area contributed by atoms with E-state index in [0.717, 1.165) is 31.1 Å². The summed E-state index contributed by atoms with van der Waals surface area (Å²) in [6, 6.07) is 14.9. The minimum Gasteiger partial charge on any atom is -0.298 e. The molecule has 0 aliphatic heterocycles. The Kier molecular flexibility index (Phi) is 3.04. The molecular formula is C18H16O. The third-order valence-corrected chi connectivity index (χ3v) is 3.88. The van der Waals surface area contributed by atoms with Gasteiger partial charge in [-0.1, -0.05) is 49.0 Å². The Balaban J connectivity index is 2.01. The van der Waals surface area contributed by atoms with Gasteiger partial charge in [0.25, 0.3) is 0 Å². The van der Waals surface area contributed by atoms with Crippen molar-refractivity contribution < 1.29 is 4.79 Å². The fourth-order valence-electron chi connectivity index (χ4n) is 2.75. The third-order valence-electron chi connectivity index (χ3n) is 3.88. The van der Waals surface area contributed by atoms with Gasteiger partial charge in [0.1, 0.15) is 6.29 Å². The summed E-state index contributed by atoms with van der Waals surface area (Å²) in [6.07, 6.45) is 3.92. The van der Waals surface area contributed by atoms with Crippen LogP contribution >= 0.6 is 0 Å². The molecule has 1 heteroatoms. The molecular weight excluding hydrogens is 232 g/mol. The SMILES string of the molecule is C=C(C=O)c1ccc2c(c1)CCc1ccccc1C2. The molecule has 0 radical (unpaired) electrons. The number of fused-ring (bicyclic) bond motifs is 2. The first-order valence-corrected chi connectivity index (χ1v) is 6.61. The van der Waals surface area contributed by atoms with Crippen molar-refractivity contribution in [1.29, 1.82) is 0 Å². The van der Waals surface area contributed by atoms with Crippen LogP contribution in [0.5, 0.6) is 0 Å². The Morgan fingerprint density at radius 2 is 1.63 bits per heavy atom. The molecule has 0 saturated carbocycles.